The minimum Gasteiger partial charge on any atom is -0.295 e. The summed E-state index contributed by atoms with van der Waals surface area (Å²) in [6, 6.07) is 0. The van der Waals surface area contributed by atoms with Gasteiger partial charge in [0.25, 0.3) is 0 Å². The van der Waals surface area contributed by atoms with E-state index in [-0.39, 0.29) is 11.6 Å². The minimum absolute atomic E-state index is 0.106. The number of carbonyl (C=O) groups excluding carboxylic acids is 2. The van der Waals surface area contributed by atoms with E-state index in [1.807, 2.05) is 13.0 Å². The van der Waals surface area contributed by atoms with E-state index >= 15 is 0 Å². The average Bonchev–Trinajstić information content (AvgIpc) is 2.24. The van der Waals surface area contributed by atoms with Crippen molar-refractivity contribution in [1.29, 1.82) is 0 Å². The van der Waals surface area contributed by atoms with E-state index in [1.165, 1.54) is 18.9 Å². The number of hydrogen-bond acceptors (Lipinski definition) is 2. The van der Waals surface area contributed by atoms with E-state index < -0.39 is 0 Å². The van der Waals surface area contributed by atoms with Crippen LogP contribution in [0.15, 0.2) is 24.8 Å². The molecule has 0 aliphatic rings. The molecular weight excluding hydrogens is 188 g/mol. The first-order valence-corrected chi connectivity index (χ1v) is 5.40. The Labute approximate surface area is 93.1 Å². The molecule has 0 aromatic carbocycles. The largest absolute Gasteiger partial charge is 0.295 e. The summed E-state index contributed by atoms with van der Waals surface area (Å²) < 4.78 is 0. The second-order valence-corrected chi connectivity index (χ2v) is 3.18. The molecule has 0 atom stereocenters. The summed E-state index contributed by atoms with van der Waals surface area (Å²) in [7, 11) is 0. The van der Waals surface area contributed by atoms with Crippen molar-refractivity contribution in [2.75, 3.05) is 0 Å². The van der Waals surface area contributed by atoms with E-state index in [9.17, 15) is 9.59 Å². The van der Waals surface area contributed by atoms with E-state index in [2.05, 4.69) is 13.5 Å². The summed E-state index contributed by atoms with van der Waals surface area (Å²) in [6.45, 7) is 8.80. The van der Waals surface area contributed by atoms with Crippen LogP contribution in [-0.2, 0) is 9.59 Å². The third-order valence-electron chi connectivity index (χ3n) is 1.65. The number of rotatable bonds is 6. The van der Waals surface area contributed by atoms with Crippen LogP contribution in [0.25, 0.3) is 0 Å². The standard InChI is InChI=1S/C8H14O.C5H8O/c1-3-4-5-6-7-8(2)9;1-3-5(6)4-2/h6-7H,3-5H2,1-2H3;3H,1,4H2,2H3/b7-6+;. The fourth-order valence-corrected chi connectivity index (χ4v) is 0.716. The van der Waals surface area contributed by atoms with Crippen LogP contribution in [-0.4, -0.2) is 11.6 Å². The van der Waals surface area contributed by atoms with E-state index in [0.29, 0.717) is 6.42 Å². The molecule has 2 heteroatoms. The molecule has 0 amide bonds. The first-order valence-electron chi connectivity index (χ1n) is 5.40. The van der Waals surface area contributed by atoms with Crippen LogP contribution >= 0.6 is 0 Å². The lowest BCUT2D eigenvalue weighted by atomic mass is 10.2. The van der Waals surface area contributed by atoms with Crippen molar-refractivity contribution in [3.63, 3.8) is 0 Å². The second kappa shape index (κ2) is 12.8. The first kappa shape index (κ1) is 16.3. The molecule has 0 fully saturated rings. The van der Waals surface area contributed by atoms with Crippen molar-refractivity contribution in [1.82, 2.24) is 0 Å². The van der Waals surface area contributed by atoms with Gasteiger partial charge in [-0.05, 0) is 25.5 Å². The van der Waals surface area contributed by atoms with Gasteiger partial charge in [-0.25, -0.2) is 0 Å². The van der Waals surface area contributed by atoms with Crippen LogP contribution in [0.5, 0.6) is 0 Å². The lowest BCUT2D eigenvalue weighted by Crippen LogP contribution is -1.83. The highest BCUT2D eigenvalue weighted by Gasteiger charge is 1.82. The summed E-state index contributed by atoms with van der Waals surface area (Å²) in [5.41, 5.74) is 0. The normalized spacial score (nSPS) is 9.27. The average molecular weight is 210 g/mol. The highest BCUT2D eigenvalue weighted by molar-refractivity contribution is 5.88. The van der Waals surface area contributed by atoms with Crippen LogP contribution in [0.1, 0.15) is 46.5 Å². The zero-order valence-corrected chi connectivity index (χ0v) is 10.1. The Morgan fingerprint density at radius 1 is 1.27 bits per heavy atom. The number of hydrogen-bond donors (Lipinski definition) is 0. The van der Waals surface area contributed by atoms with E-state index in [1.54, 1.807) is 13.0 Å². The highest BCUT2D eigenvalue weighted by atomic mass is 16.1. The number of ketones is 2. The van der Waals surface area contributed by atoms with Gasteiger partial charge in [0.1, 0.15) is 0 Å². The summed E-state index contributed by atoms with van der Waals surface area (Å²) >= 11 is 0. The Balaban J connectivity index is 0. The van der Waals surface area contributed by atoms with Gasteiger partial charge in [-0.3, -0.25) is 9.59 Å². The Hall–Kier alpha value is -1.18. The predicted molar refractivity (Wildman–Crippen MR) is 64.8 cm³/mol. The van der Waals surface area contributed by atoms with Gasteiger partial charge in [0, 0.05) is 6.42 Å². The summed E-state index contributed by atoms with van der Waals surface area (Å²) in [4.78, 5) is 20.4. The van der Waals surface area contributed by atoms with Gasteiger partial charge in [0.2, 0.25) is 0 Å². The zero-order chi connectivity index (χ0) is 12.1. The molecule has 0 bridgehead atoms. The molecule has 86 valence electrons. The lowest BCUT2D eigenvalue weighted by Gasteiger charge is -1.85. The summed E-state index contributed by atoms with van der Waals surface area (Å²) in [6.07, 6.45) is 8.90. The van der Waals surface area contributed by atoms with Gasteiger partial charge in [-0.2, -0.15) is 0 Å². The maximum atomic E-state index is 10.3. The molecule has 0 aromatic heterocycles. The molecule has 0 heterocycles. The number of carbonyl (C=O) groups is 2. The highest BCUT2D eigenvalue weighted by Crippen LogP contribution is 1.94. The Morgan fingerprint density at radius 3 is 2.13 bits per heavy atom. The van der Waals surface area contributed by atoms with Crippen molar-refractivity contribution in [3.05, 3.63) is 24.8 Å². The predicted octanol–water partition coefficient (Wildman–Crippen LogP) is 3.47. The molecule has 0 saturated heterocycles. The topological polar surface area (TPSA) is 34.1 Å². The first-order chi connectivity index (χ1) is 7.08. The van der Waals surface area contributed by atoms with Gasteiger partial charge < -0.3 is 0 Å². The van der Waals surface area contributed by atoms with Gasteiger partial charge in [0.05, 0.1) is 0 Å². The van der Waals surface area contributed by atoms with Crippen LogP contribution < -0.4 is 0 Å². The van der Waals surface area contributed by atoms with Crippen molar-refractivity contribution >= 4 is 11.6 Å². The SMILES string of the molecule is C=CC(=O)CC.CCCC/C=C/C(C)=O. The van der Waals surface area contributed by atoms with E-state index in [0.717, 1.165) is 6.42 Å². The molecule has 0 aromatic rings. The van der Waals surface area contributed by atoms with Crippen LogP contribution in [0.4, 0.5) is 0 Å². The van der Waals surface area contributed by atoms with E-state index in [4.69, 9.17) is 0 Å². The van der Waals surface area contributed by atoms with Crippen molar-refractivity contribution in [2.45, 2.75) is 46.5 Å². The van der Waals surface area contributed by atoms with Crippen molar-refractivity contribution < 1.29 is 9.59 Å². The molecule has 0 spiro atoms. The Bertz CT molecular complexity index is 215. The molecule has 0 N–H and O–H groups in total. The summed E-state index contributed by atoms with van der Waals surface area (Å²) in [5, 5.41) is 0. The fourth-order valence-electron chi connectivity index (χ4n) is 0.716. The second-order valence-electron chi connectivity index (χ2n) is 3.18. The Morgan fingerprint density at radius 2 is 1.87 bits per heavy atom. The smallest absolute Gasteiger partial charge is 0.154 e. The van der Waals surface area contributed by atoms with Gasteiger partial charge >= 0.3 is 0 Å². The summed E-state index contributed by atoms with van der Waals surface area (Å²) in [5.74, 6) is 0.251. The van der Waals surface area contributed by atoms with Gasteiger partial charge in [-0.15, -0.1) is 0 Å². The maximum absolute atomic E-state index is 10.3. The molecule has 0 unspecified atom stereocenters. The molecule has 15 heavy (non-hydrogen) atoms. The lowest BCUT2D eigenvalue weighted by molar-refractivity contribution is -0.114. The molecule has 2 nitrogen and oxygen atoms in total. The molecule has 0 aliphatic carbocycles. The molecule has 0 saturated carbocycles. The van der Waals surface area contributed by atoms with Gasteiger partial charge in [0.15, 0.2) is 11.6 Å². The van der Waals surface area contributed by atoms with Crippen molar-refractivity contribution in [2.24, 2.45) is 0 Å². The van der Waals surface area contributed by atoms with Crippen LogP contribution in [0.3, 0.4) is 0 Å². The third kappa shape index (κ3) is 19.3. The quantitative estimate of drug-likeness (QED) is 0.497. The molecule has 0 aliphatic heterocycles. The van der Waals surface area contributed by atoms with Crippen LogP contribution in [0, 0.1) is 0 Å². The minimum atomic E-state index is 0.106. The fraction of sp³-hybridized carbons (Fsp3) is 0.538. The molecule has 0 radical (unpaired) electrons. The van der Waals surface area contributed by atoms with Crippen LogP contribution in [0.2, 0.25) is 0 Å². The molecule has 0 rings (SSSR count). The Kier molecular flexibility index (Phi) is 13.9. The maximum Gasteiger partial charge on any atom is 0.154 e. The monoisotopic (exact) mass is 210 g/mol. The van der Waals surface area contributed by atoms with Crippen molar-refractivity contribution in [3.8, 4) is 0 Å². The molecular formula is C13H22O2. The number of unbranched alkanes of at least 4 members (excludes halogenated alkanes) is 2. The zero-order valence-electron chi connectivity index (χ0n) is 10.1. The third-order valence-corrected chi connectivity index (χ3v) is 1.65. The van der Waals surface area contributed by atoms with Gasteiger partial charge in [-0.1, -0.05) is 39.3 Å². The number of allylic oxidation sites excluding steroid dienone is 3.